The molecule has 1 fully saturated rings. The molecule has 160 valence electrons. The first-order chi connectivity index (χ1) is 14.5. The quantitative estimate of drug-likeness (QED) is 0.423. The summed E-state index contributed by atoms with van der Waals surface area (Å²) in [6.45, 7) is 5.40. The molecule has 0 bridgehead atoms. The second-order valence-electron chi connectivity index (χ2n) is 8.24. The minimum Gasteiger partial charge on any atom is -0.457 e. The fourth-order valence-electron chi connectivity index (χ4n) is 4.16. The van der Waals surface area contributed by atoms with Crippen molar-refractivity contribution in [2.24, 2.45) is 0 Å². The van der Waals surface area contributed by atoms with E-state index in [1.54, 1.807) is 13.0 Å². The average Bonchev–Trinajstić information content (AvgIpc) is 2.76. The maximum atomic E-state index is 15.0. The number of aliphatic hydroxyl groups excluding tert-OH is 1. The van der Waals surface area contributed by atoms with E-state index < -0.39 is 5.97 Å². The number of carbonyl (C=O) groups is 1. The van der Waals surface area contributed by atoms with Gasteiger partial charge in [0.2, 0.25) is 0 Å². The van der Waals surface area contributed by atoms with Crippen LogP contribution in [0.15, 0.2) is 48.6 Å². The lowest BCUT2D eigenvalue weighted by Gasteiger charge is -2.22. The Hall–Kier alpha value is -2.46. The van der Waals surface area contributed by atoms with Gasteiger partial charge in [0.25, 0.3) is 0 Å². The van der Waals surface area contributed by atoms with Crippen LogP contribution in [0.25, 0.3) is 11.1 Å². The summed E-state index contributed by atoms with van der Waals surface area (Å²) < 4.78 is 20.4. The van der Waals surface area contributed by atoms with Gasteiger partial charge in [-0.05, 0) is 72.9 Å². The molecule has 0 radical (unpaired) electrons. The number of benzene rings is 2. The van der Waals surface area contributed by atoms with E-state index in [0.717, 1.165) is 35.1 Å². The number of ether oxygens (including phenoxy) is 1. The minimum atomic E-state index is -0.448. The van der Waals surface area contributed by atoms with E-state index in [1.165, 1.54) is 19.3 Å². The molecular formula is C26H31FO3. The molecule has 3 nitrogen and oxygen atoms in total. The predicted octanol–water partition coefficient (Wildman–Crippen LogP) is 6.08. The van der Waals surface area contributed by atoms with Gasteiger partial charge in [0, 0.05) is 17.7 Å². The van der Waals surface area contributed by atoms with Crippen molar-refractivity contribution in [3.05, 3.63) is 71.1 Å². The lowest BCUT2D eigenvalue weighted by Crippen LogP contribution is -2.07. The van der Waals surface area contributed by atoms with Crippen LogP contribution in [0.4, 0.5) is 4.39 Å². The highest BCUT2D eigenvalue weighted by Gasteiger charge is 2.18. The number of rotatable bonds is 8. The van der Waals surface area contributed by atoms with Crippen molar-refractivity contribution in [1.82, 2.24) is 0 Å². The summed E-state index contributed by atoms with van der Waals surface area (Å²) >= 11 is 0. The molecule has 1 N–H and O–H groups in total. The summed E-state index contributed by atoms with van der Waals surface area (Å²) in [6.07, 6.45) is 7.27. The van der Waals surface area contributed by atoms with Crippen LogP contribution in [0.2, 0.25) is 0 Å². The Morgan fingerprint density at radius 3 is 2.57 bits per heavy atom. The van der Waals surface area contributed by atoms with Crippen molar-refractivity contribution >= 4 is 5.97 Å². The van der Waals surface area contributed by atoms with Gasteiger partial charge in [-0.25, -0.2) is 9.18 Å². The van der Waals surface area contributed by atoms with Crippen LogP contribution >= 0.6 is 0 Å². The van der Waals surface area contributed by atoms with Crippen molar-refractivity contribution < 1.29 is 19.0 Å². The highest BCUT2D eigenvalue weighted by Crippen LogP contribution is 2.35. The normalized spacial score (nSPS) is 14.5. The highest BCUT2D eigenvalue weighted by molar-refractivity contribution is 5.86. The van der Waals surface area contributed by atoms with Gasteiger partial charge in [-0.1, -0.05) is 50.1 Å². The Kier molecular flexibility index (Phi) is 7.81. The largest absolute Gasteiger partial charge is 0.457 e. The molecule has 0 unspecified atom stereocenters. The Morgan fingerprint density at radius 2 is 1.90 bits per heavy atom. The Morgan fingerprint density at radius 1 is 1.13 bits per heavy atom. The van der Waals surface area contributed by atoms with Gasteiger partial charge in [-0.2, -0.15) is 0 Å². The summed E-state index contributed by atoms with van der Waals surface area (Å²) in [5, 5.41) is 9.17. The van der Waals surface area contributed by atoms with E-state index in [4.69, 9.17) is 9.84 Å². The topological polar surface area (TPSA) is 46.5 Å². The SMILES string of the molecule is C=C(C)C(=O)OCc1cc(-c2ccc(C3CCCCC3)cc2F)ccc1CCCO. The molecule has 1 aliphatic carbocycles. The van der Waals surface area contributed by atoms with Gasteiger partial charge in [0.05, 0.1) is 0 Å². The molecule has 2 aromatic rings. The van der Waals surface area contributed by atoms with Gasteiger partial charge in [0.1, 0.15) is 12.4 Å². The number of carbonyl (C=O) groups excluding carboxylic acids is 1. The summed E-state index contributed by atoms with van der Waals surface area (Å²) in [6, 6.07) is 11.3. The molecule has 30 heavy (non-hydrogen) atoms. The number of esters is 1. The number of hydrogen-bond donors (Lipinski definition) is 1. The second-order valence-corrected chi connectivity index (χ2v) is 8.24. The fraction of sp³-hybridized carbons (Fsp3) is 0.423. The predicted molar refractivity (Wildman–Crippen MR) is 118 cm³/mol. The number of halogens is 1. The smallest absolute Gasteiger partial charge is 0.333 e. The van der Waals surface area contributed by atoms with Gasteiger partial charge in [-0.3, -0.25) is 0 Å². The standard InChI is InChI=1S/C26H31FO3/c1-18(2)26(29)30-17-23-15-22(11-10-20(23)9-6-14-28)24-13-12-21(16-25(24)27)19-7-4-3-5-8-19/h10-13,15-16,19,28H,1,3-9,14,17H2,2H3. The zero-order chi connectivity index (χ0) is 21.5. The third-order valence-electron chi connectivity index (χ3n) is 5.90. The van der Waals surface area contributed by atoms with Crippen molar-refractivity contribution in [2.75, 3.05) is 6.61 Å². The first kappa shape index (κ1) is 22.2. The van der Waals surface area contributed by atoms with E-state index in [0.29, 0.717) is 29.9 Å². The Bertz CT molecular complexity index is 897. The van der Waals surface area contributed by atoms with Gasteiger partial charge in [-0.15, -0.1) is 0 Å². The van der Waals surface area contributed by atoms with E-state index in [9.17, 15) is 4.79 Å². The van der Waals surface area contributed by atoms with Crippen LogP contribution in [0.3, 0.4) is 0 Å². The molecule has 0 spiro atoms. The zero-order valence-electron chi connectivity index (χ0n) is 17.8. The summed E-state index contributed by atoms with van der Waals surface area (Å²) in [5.74, 6) is -0.206. The molecule has 2 aromatic carbocycles. The third kappa shape index (κ3) is 5.57. The summed E-state index contributed by atoms with van der Waals surface area (Å²) in [7, 11) is 0. The maximum absolute atomic E-state index is 15.0. The molecule has 0 aliphatic heterocycles. The lowest BCUT2D eigenvalue weighted by atomic mass is 9.83. The lowest BCUT2D eigenvalue weighted by molar-refractivity contribution is -0.140. The third-order valence-corrected chi connectivity index (χ3v) is 5.90. The molecule has 0 amide bonds. The summed E-state index contributed by atoms with van der Waals surface area (Å²) in [5.41, 5.74) is 4.55. The van der Waals surface area contributed by atoms with Crippen LogP contribution in [0.1, 0.15) is 68.1 Å². The van der Waals surface area contributed by atoms with Crippen molar-refractivity contribution in [1.29, 1.82) is 0 Å². The average molecular weight is 411 g/mol. The van der Waals surface area contributed by atoms with Crippen LogP contribution in [0.5, 0.6) is 0 Å². The number of aliphatic hydroxyl groups is 1. The van der Waals surface area contributed by atoms with Crippen molar-refractivity contribution in [2.45, 2.75) is 64.4 Å². The Labute approximate surface area is 178 Å². The molecule has 0 saturated heterocycles. The van der Waals surface area contributed by atoms with Crippen LogP contribution < -0.4 is 0 Å². The van der Waals surface area contributed by atoms with E-state index in [1.807, 2.05) is 24.3 Å². The van der Waals surface area contributed by atoms with E-state index in [2.05, 4.69) is 12.6 Å². The number of hydrogen-bond acceptors (Lipinski definition) is 3. The van der Waals surface area contributed by atoms with Gasteiger partial charge in [0.15, 0.2) is 0 Å². The highest BCUT2D eigenvalue weighted by atomic mass is 19.1. The van der Waals surface area contributed by atoms with Crippen LogP contribution in [-0.4, -0.2) is 17.7 Å². The monoisotopic (exact) mass is 410 g/mol. The van der Waals surface area contributed by atoms with Crippen LogP contribution in [0, 0.1) is 5.82 Å². The molecule has 1 saturated carbocycles. The maximum Gasteiger partial charge on any atom is 0.333 e. The molecule has 0 atom stereocenters. The van der Waals surface area contributed by atoms with E-state index in [-0.39, 0.29) is 19.0 Å². The first-order valence-electron chi connectivity index (χ1n) is 10.8. The molecular weight excluding hydrogens is 379 g/mol. The zero-order valence-corrected chi connectivity index (χ0v) is 17.8. The van der Waals surface area contributed by atoms with Gasteiger partial charge < -0.3 is 9.84 Å². The Balaban J connectivity index is 1.86. The minimum absolute atomic E-state index is 0.0873. The fourth-order valence-corrected chi connectivity index (χ4v) is 4.16. The first-order valence-corrected chi connectivity index (χ1v) is 10.8. The molecule has 0 aromatic heterocycles. The van der Waals surface area contributed by atoms with Crippen molar-refractivity contribution in [3.63, 3.8) is 0 Å². The van der Waals surface area contributed by atoms with E-state index >= 15 is 4.39 Å². The van der Waals surface area contributed by atoms with Gasteiger partial charge >= 0.3 is 5.97 Å². The second kappa shape index (κ2) is 10.5. The molecule has 0 heterocycles. The number of aryl methyl sites for hydroxylation is 1. The molecule has 1 aliphatic rings. The van der Waals surface area contributed by atoms with Crippen LogP contribution in [-0.2, 0) is 22.6 Å². The molecule has 3 rings (SSSR count). The summed E-state index contributed by atoms with van der Waals surface area (Å²) in [4.78, 5) is 11.8. The molecule has 4 heteroatoms. The van der Waals surface area contributed by atoms with Crippen molar-refractivity contribution in [3.8, 4) is 11.1 Å².